The number of hydrogen-bond donors (Lipinski definition) is 3. The molecule has 17 nitrogen and oxygen atoms in total. The molecule has 0 aliphatic heterocycles. The van der Waals surface area contributed by atoms with Crippen LogP contribution >= 0.6 is 15.6 Å². The molecule has 90 heavy (non-hydrogen) atoms. The largest absolute Gasteiger partial charge is 0.472 e. The first-order valence-electron chi connectivity index (χ1n) is 37.0. The van der Waals surface area contributed by atoms with Crippen LogP contribution in [0.25, 0.3) is 0 Å². The molecule has 3 N–H and O–H groups in total. The fourth-order valence-corrected chi connectivity index (χ4v) is 12.3. The zero-order valence-corrected chi connectivity index (χ0v) is 60.2. The van der Waals surface area contributed by atoms with E-state index in [9.17, 15) is 43.2 Å². The van der Waals surface area contributed by atoms with Crippen LogP contribution in [0.4, 0.5) is 0 Å². The molecule has 0 rings (SSSR count). The van der Waals surface area contributed by atoms with Crippen LogP contribution < -0.4 is 0 Å². The summed E-state index contributed by atoms with van der Waals surface area (Å²) in [5.74, 6) is -0.703. The molecule has 0 amide bonds. The predicted molar refractivity (Wildman–Crippen MR) is 363 cm³/mol. The Morgan fingerprint density at radius 1 is 0.300 bits per heavy atom. The molecule has 0 aromatic carbocycles. The van der Waals surface area contributed by atoms with E-state index in [0.717, 1.165) is 102 Å². The Morgan fingerprint density at radius 2 is 0.511 bits per heavy atom. The van der Waals surface area contributed by atoms with Gasteiger partial charge < -0.3 is 33.8 Å². The predicted octanol–water partition coefficient (Wildman–Crippen LogP) is 20.4. The van der Waals surface area contributed by atoms with E-state index in [-0.39, 0.29) is 25.7 Å². The lowest BCUT2D eigenvalue weighted by molar-refractivity contribution is -0.161. The summed E-state index contributed by atoms with van der Waals surface area (Å²) in [7, 11) is -9.90. The number of ether oxygens (including phenoxy) is 4. The third kappa shape index (κ3) is 64.8. The van der Waals surface area contributed by atoms with Crippen molar-refractivity contribution in [3.63, 3.8) is 0 Å². The number of aliphatic hydroxyl groups is 1. The second-order valence-corrected chi connectivity index (χ2v) is 29.5. The number of phosphoric ester groups is 2. The van der Waals surface area contributed by atoms with Crippen molar-refractivity contribution in [2.24, 2.45) is 11.8 Å². The van der Waals surface area contributed by atoms with Crippen molar-refractivity contribution >= 4 is 39.5 Å². The van der Waals surface area contributed by atoms with Crippen molar-refractivity contribution in [2.45, 2.75) is 381 Å². The lowest BCUT2D eigenvalue weighted by Gasteiger charge is -2.21. The van der Waals surface area contributed by atoms with E-state index in [0.29, 0.717) is 31.6 Å². The third-order valence-electron chi connectivity index (χ3n) is 16.5. The molecule has 0 aromatic rings. The summed E-state index contributed by atoms with van der Waals surface area (Å²) < 4.78 is 68.2. The Balaban J connectivity index is 5.17. The molecule has 5 atom stereocenters. The molecule has 0 bridgehead atoms. The first kappa shape index (κ1) is 88.1. The van der Waals surface area contributed by atoms with Crippen LogP contribution in [0.5, 0.6) is 0 Å². The average Bonchev–Trinajstić information content (AvgIpc) is 3.54. The van der Waals surface area contributed by atoms with E-state index in [1.165, 1.54) is 173 Å². The van der Waals surface area contributed by atoms with Gasteiger partial charge in [-0.15, -0.1) is 0 Å². The second kappa shape index (κ2) is 63.1. The average molecular weight is 1330 g/mol. The van der Waals surface area contributed by atoms with Gasteiger partial charge in [0.15, 0.2) is 12.2 Å². The zero-order chi connectivity index (χ0) is 66.5. The summed E-state index contributed by atoms with van der Waals surface area (Å²) in [5, 5.41) is 10.6. The number of aliphatic hydroxyl groups excluding tert-OH is 1. The molecule has 0 aliphatic carbocycles. The Labute approximate surface area is 549 Å². The highest BCUT2D eigenvalue weighted by Gasteiger charge is 2.30. The number of phosphoric acid groups is 2. The molecule has 534 valence electrons. The van der Waals surface area contributed by atoms with E-state index in [1.807, 2.05) is 0 Å². The molecule has 0 radical (unpaired) electrons. The minimum atomic E-state index is -4.95. The maximum absolute atomic E-state index is 13.0. The summed E-state index contributed by atoms with van der Waals surface area (Å²) in [6.07, 6.45) is 49.0. The monoisotopic (exact) mass is 1320 g/mol. The van der Waals surface area contributed by atoms with Crippen molar-refractivity contribution in [2.75, 3.05) is 39.6 Å². The molecule has 0 fully saturated rings. The maximum Gasteiger partial charge on any atom is 0.472 e. The van der Waals surface area contributed by atoms with Gasteiger partial charge in [-0.05, 0) is 37.5 Å². The quantitative estimate of drug-likeness (QED) is 0.0222. The Bertz CT molecular complexity index is 1750. The molecule has 0 saturated heterocycles. The van der Waals surface area contributed by atoms with E-state index in [4.69, 9.17) is 37.0 Å². The Kier molecular flexibility index (Phi) is 61.8. The zero-order valence-electron chi connectivity index (χ0n) is 58.4. The van der Waals surface area contributed by atoms with Crippen LogP contribution in [-0.4, -0.2) is 96.7 Å². The van der Waals surface area contributed by atoms with Crippen molar-refractivity contribution < 1.29 is 80.2 Å². The molecule has 0 heterocycles. The first-order valence-corrected chi connectivity index (χ1v) is 40.0. The van der Waals surface area contributed by atoms with Crippen LogP contribution in [-0.2, 0) is 65.4 Å². The van der Waals surface area contributed by atoms with Crippen LogP contribution in [0.3, 0.4) is 0 Å². The summed E-state index contributed by atoms with van der Waals surface area (Å²) in [6, 6.07) is 0. The molecule has 19 heteroatoms. The molecule has 2 unspecified atom stereocenters. The lowest BCUT2D eigenvalue weighted by atomic mass is 10.0. The van der Waals surface area contributed by atoms with Crippen molar-refractivity contribution in [1.82, 2.24) is 0 Å². The van der Waals surface area contributed by atoms with Gasteiger partial charge in [0.1, 0.15) is 19.3 Å². The Morgan fingerprint density at radius 3 is 0.756 bits per heavy atom. The standard InChI is InChI=1S/C71H138O17P2/c1-7-9-11-13-15-17-18-19-20-21-22-23-24-25-26-27-32-36-43-49-55-70(75)87-66(59-82-69(74)54-48-42-35-31-29-28-30-33-39-45-51-63(3)4)61-85-89(77,78)83-57-65(72)58-84-90(79,80)86-62-67(60-81-68(73)53-47-41-34-16-14-12-10-8-2)88-71(76)56-50-44-38-37-40-46-52-64(5)6/h63-67,72H,7-62H2,1-6H3,(H,77,78)(H,79,80)/t65-,66-,67-/m1/s1. The highest BCUT2D eigenvalue weighted by atomic mass is 31.2. The highest BCUT2D eigenvalue weighted by Crippen LogP contribution is 2.45. The van der Waals surface area contributed by atoms with E-state index in [1.54, 1.807) is 0 Å². The van der Waals surface area contributed by atoms with Crippen LogP contribution in [0.1, 0.15) is 363 Å². The van der Waals surface area contributed by atoms with Crippen LogP contribution in [0.2, 0.25) is 0 Å². The Hall–Kier alpha value is -1.94. The molecule has 0 spiro atoms. The minimum Gasteiger partial charge on any atom is -0.462 e. The molecule has 0 aromatic heterocycles. The van der Waals surface area contributed by atoms with E-state index >= 15 is 0 Å². The SMILES string of the molecule is CCCCCCCCCCCCCCCCCCCCCCC(=O)O[C@H](COC(=O)CCCCCCCCCCCCC(C)C)COP(=O)(O)OC[C@@H](O)COP(=O)(O)OC[C@@H](COC(=O)CCCCCCCCCC)OC(=O)CCCCCCCCC(C)C. The van der Waals surface area contributed by atoms with Crippen molar-refractivity contribution in [3.8, 4) is 0 Å². The van der Waals surface area contributed by atoms with Gasteiger partial charge in [-0.2, -0.15) is 0 Å². The topological polar surface area (TPSA) is 237 Å². The van der Waals surface area contributed by atoms with Gasteiger partial charge in [-0.25, -0.2) is 9.13 Å². The number of carbonyl (C=O) groups excluding carboxylic acids is 4. The molecule has 0 saturated carbocycles. The van der Waals surface area contributed by atoms with E-state index in [2.05, 4.69) is 41.5 Å². The first-order chi connectivity index (χ1) is 43.4. The van der Waals surface area contributed by atoms with Gasteiger partial charge in [-0.1, -0.05) is 311 Å². The van der Waals surface area contributed by atoms with Gasteiger partial charge in [0.05, 0.1) is 26.4 Å². The second-order valence-electron chi connectivity index (χ2n) is 26.6. The maximum atomic E-state index is 13.0. The number of carbonyl (C=O) groups is 4. The van der Waals surface area contributed by atoms with Gasteiger partial charge in [0.2, 0.25) is 0 Å². The van der Waals surface area contributed by atoms with Crippen molar-refractivity contribution in [1.29, 1.82) is 0 Å². The number of rotatable bonds is 70. The fourth-order valence-electron chi connectivity index (χ4n) is 10.8. The number of esters is 4. The normalized spacial score (nSPS) is 14.1. The molecular weight excluding hydrogens is 1190 g/mol. The van der Waals surface area contributed by atoms with Gasteiger partial charge >= 0.3 is 39.5 Å². The summed E-state index contributed by atoms with van der Waals surface area (Å²) >= 11 is 0. The fraction of sp³-hybridized carbons (Fsp3) is 0.944. The smallest absolute Gasteiger partial charge is 0.462 e. The van der Waals surface area contributed by atoms with Gasteiger partial charge in [-0.3, -0.25) is 37.3 Å². The van der Waals surface area contributed by atoms with Crippen LogP contribution in [0.15, 0.2) is 0 Å². The number of hydrogen-bond acceptors (Lipinski definition) is 15. The summed E-state index contributed by atoms with van der Waals surface area (Å²) in [6.45, 7) is 9.42. The highest BCUT2D eigenvalue weighted by molar-refractivity contribution is 7.47. The summed E-state index contributed by atoms with van der Waals surface area (Å²) in [4.78, 5) is 72.4. The van der Waals surface area contributed by atoms with Gasteiger partial charge in [0.25, 0.3) is 0 Å². The van der Waals surface area contributed by atoms with Crippen molar-refractivity contribution in [3.05, 3.63) is 0 Å². The third-order valence-corrected chi connectivity index (χ3v) is 18.4. The van der Waals surface area contributed by atoms with E-state index < -0.39 is 97.5 Å². The van der Waals surface area contributed by atoms with Gasteiger partial charge in [0, 0.05) is 25.7 Å². The van der Waals surface area contributed by atoms with Crippen LogP contribution in [0, 0.1) is 11.8 Å². The summed E-state index contributed by atoms with van der Waals surface area (Å²) in [5.41, 5.74) is 0. The molecule has 0 aliphatic rings. The molecular formula is C71H138O17P2. The lowest BCUT2D eigenvalue weighted by Crippen LogP contribution is -2.30. The number of unbranched alkanes of at least 4 members (excludes halogenated alkanes) is 40. The minimum absolute atomic E-state index is 0.102.